The van der Waals surface area contributed by atoms with Crippen molar-refractivity contribution in [1.82, 2.24) is 5.32 Å². The molecule has 0 aliphatic heterocycles. The number of rotatable bonds is 6. The summed E-state index contributed by atoms with van der Waals surface area (Å²) < 4.78 is 33.2. The van der Waals surface area contributed by atoms with Crippen molar-refractivity contribution in [3.8, 4) is 0 Å². The fourth-order valence-electron chi connectivity index (χ4n) is 2.74. The van der Waals surface area contributed by atoms with Gasteiger partial charge in [0.15, 0.2) is 0 Å². The van der Waals surface area contributed by atoms with E-state index in [0.717, 1.165) is 11.1 Å². The Hall–Kier alpha value is -3.06. The van der Waals surface area contributed by atoms with Crippen molar-refractivity contribution in [1.29, 1.82) is 0 Å². The van der Waals surface area contributed by atoms with Crippen molar-refractivity contribution in [2.45, 2.75) is 31.7 Å². The van der Waals surface area contributed by atoms with Crippen LogP contribution in [0.3, 0.4) is 0 Å². The second-order valence-corrected chi connectivity index (χ2v) is 8.27. The number of sulfonamides is 1. The minimum absolute atomic E-state index is 0.0871. The zero-order valence-corrected chi connectivity index (χ0v) is 16.7. The van der Waals surface area contributed by atoms with E-state index < -0.39 is 10.0 Å². The normalized spacial score (nSPS) is 12.4. The molecule has 0 aliphatic rings. The van der Waals surface area contributed by atoms with E-state index in [-0.39, 0.29) is 16.8 Å². The molecule has 2 N–H and O–H groups in total. The first kappa shape index (κ1) is 19.7. The molecule has 3 aromatic rings. The molecule has 3 rings (SSSR count). The van der Waals surface area contributed by atoms with Gasteiger partial charge in [0.1, 0.15) is 5.76 Å². The molecule has 0 saturated carbocycles. The van der Waals surface area contributed by atoms with Crippen LogP contribution in [0.15, 0.2) is 70.2 Å². The first-order valence-electron chi connectivity index (χ1n) is 8.81. The predicted molar refractivity (Wildman–Crippen MR) is 108 cm³/mol. The van der Waals surface area contributed by atoms with Gasteiger partial charge in [-0.2, -0.15) is 0 Å². The van der Waals surface area contributed by atoms with Gasteiger partial charge in [-0.05, 0) is 74.4 Å². The summed E-state index contributed by atoms with van der Waals surface area (Å²) in [5.41, 5.74) is 2.77. The van der Waals surface area contributed by atoms with Crippen LogP contribution >= 0.6 is 0 Å². The number of aryl methyl sites for hydroxylation is 1. The van der Waals surface area contributed by atoms with Crippen LogP contribution in [0.25, 0.3) is 0 Å². The molecule has 146 valence electrons. The van der Waals surface area contributed by atoms with Crippen LogP contribution in [-0.4, -0.2) is 14.3 Å². The first-order valence-corrected chi connectivity index (χ1v) is 10.3. The van der Waals surface area contributed by atoms with Crippen molar-refractivity contribution < 1.29 is 17.6 Å². The summed E-state index contributed by atoms with van der Waals surface area (Å²) in [6.45, 7) is 5.59. The largest absolute Gasteiger partial charge is 0.467 e. The smallest absolute Gasteiger partial charge is 0.261 e. The zero-order chi connectivity index (χ0) is 20.3. The minimum atomic E-state index is -3.75. The highest BCUT2D eigenvalue weighted by molar-refractivity contribution is 7.92. The number of anilines is 1. The fraction of sp³-hybridized carbons (Fsp3) is 0.190. The Kier molecular flexibility index (Phi) is 5.56. The summed E-state index contributed by atoms with van der Waals surface area (Å²) >= 11 is 0. The number of carbonyl (C=O) groups excluding carboxylic acids is 1. The maximum absolute atomic E-state index is 12.7. The summed E-state index contributed by atoms with van der Waals surface area (Å²) in [5.74, 6) is 0.334. The molecule has 7 heteroatoms. The Labute approximate surface area is 164 Å². The first-order chi connectivity index (χ1) is 13.3. The van der Waals surface area contributed by atoms with Gasteiger partial charge in [0.25, 0.3) is 15.9 Å². The number of nitrogens with one attached hydrogen (secondary N) is 2. The third-order valence-corrected chi connectivity index (χ3v) is 5.97. The van der Waals surface area contributed by atoms with Gasteiger partial charge in [0, 0.05) is 5.56 Å². The molecule has 0 fully saturated rings. The van der Waals surface area contributed by atoms with Crippen LogP contribution in [-0.2, 0) is 10.0 Å². The molecule has 2 aromatic carbocycles. The highest BCUT2D eigenvalue weighted by Crippen LogP contribution is 2.22. The number of benzene rings is 2. The number of carbonyl (C=O) groups is 1. The van der Waals surface area contributed by atoms with Gasteiger partial charge in [-0.1, -0.05) is 12.1 Å². The molecule has 0 bridgehead atoms. The molecule has 0 spiro atoms. The molecule has 0 saturated heterocycles. The van der Waals surface area contributed by atoms with E-state index in [4.69, 9.17) is 4.42 Å². The Morgan fingerprint density at radius 2 is 1.71 bits per heavy atom. The third-order valence-electron chi connectivity index (χ3n) is 4.59. The molecule has 1 amide bonds. The van der Waals surface area contributed by atoms with Crippen LogP contribution in [0.5, 0.6) is 0 Å². The van der Waals surface area contributed by atoms with Crippen LogP contribution < -0.4 is 10.0 Å². The van der Waals surface area contributed by atoms with E-state index in [0.29, 0.717) is 17.0 Å². The second-order valence-electron chi connectivity index (χ2n) is 6.59. The molecular formula is C21H22N2O4S. The van der Waals surface area contributed by atoms with Crippen molar-refractivity contribution in [3.63, 3.8) is 0 Å². The SMILES string of the molecule is Cc1cccc(NS(=O)(=O)c2ccc(C(=O)N[C@H](C)c3ccco3)cc2)c1C. The maximum Gasteiger partial charge on any atom is 0.261 e. The summed E-state index contributed by atoms with van der Waals surface area (Å²) in [7, 11) is -3.75. The lowest BCUT2D eigenvalue weighted by molar-refractivity contribution is 0.0935. The number of amides is 1. The highest BCUT2D eigenvalue weighted by Gasteiger charge is 2.18. The average molecular weight is 398 g/mol. The monoisotopic (exact) mass is 398 g/mol. The van der Waals surface area contributed by atoms with E-state index in [9.17, 15) is 13.2 Å². The Morgan fingerprint density at radius 3 is 2.36 bits per heavy atom. The van der Waals surface area contributed by atoms with E-state index in [1.165, 1.54) is 24.3 Å². The summed E-state index contributed by atoms with van der Waals surface area (Å²) in [4.78, 5) is 12.5. The molecule has 6 nitrogen and oxygen atoms in total. The molecule has 1 aromatic heterocycles. The highest BCUT2D eigenvalue weighted by atomic mass is 32.2. The van der Waals surface area contributed by atoms with Crippen LogP contribution in [0.2, 0.25) is 0 Å². The van der Waals surface area contributed by atoms with Crippen molar-refractivity contribution in [2.75, 3.05) is 4.72 Å². The Morgan fingerprint density at radius 1 is 1.00 bits per heavy atom. The molecule has 1 atom stereocenters. The van der Waals surface area contributed by atoms with Crippen molar-refractivity contribution >= 4 is 21.6 Å². The molecule has 0 radical (unpaired) electrons. The van der Waals surface area contributed by atoms with Gasteiger partial charge in [-0.15, -0.1) is 0 Å². The van der Waals surface area contributed by atoms with Crippen LogP contribution in [0, 0.1) is 13.8 Å². The summed E-state index contributed by atoms with van der Waals surface area (Å²) in [6.07, 6.45) is 1.54. The number of hydrogen-bond donors (Lipinski definition) is 2. The van der Waals surface area contributed by atoms with Crippen LogP contribution in [0.4, 0.5) is 5.69 Å². The van der Waals surface area contributed by atoms with E-state index in [2.05, 4.69) is 10.0 Å². The Balaban J connectivity index is 1.74. The van der Waals surface area contributed by atoms with E-state index in [1.807, 2.05) is 26.8 Å². The zero-order valence-electron chi connectivity index (χ0n) is 15.9. The summed E-state index contributed by atoms with van der Waals surface area (Å²) in [5, 5.41) is 2.81. The van der Waals surface area contributed by atoms with Crippen molar-refractivity contribution in [3.05, 3.63) is 83.3 Å². The molecule has 1 heterocycles. The molecule has 28 heavy (non-hydrogen) atoms. The van der Waals surface area contributed by atoms with Crippen LogP contribution in [0.1, 0.15) is 40.2 Å². The molecule has 0 aliphatic carbocycles. The predicted octanol–water partition coefficient (Wildman–Crippen LogP) is 4.19. The summed E-state index contributed by atoms with van der Waals surface area (Å²) in [6, 6.07) is 14.5. The molecule has 0 unspecified atom stereocenters. The maximum atomic E-state index is 12.7. The molecular weight excluding hydrogens is 376 g/mol. The van der Waals surface area contributed by atoms with Gasteiger partial charge < -0.3 is 9.73 Å². The number of hydrogen-bond acceptors (Lipinski definition) is 4. The van der Waals surface area contributed by atoms with Gasteiger partial charge in [-0.3, -0.25) is 9.52 Å². The van der Waals surface area contributed by atoms with Crippen molar-refractivity contribution in [2.24, 2.45) is 0 Å². The minimum Gasteiger partial charge on any atom is -0.467 e. The van der Waals surface area contributed by atoms with Gasteiger partial charge in [0.2, 0.25) is 0 Å². The second kappa shape index (κ2) is 7.90. The topological polar surface area (TPSA) is 88.4 Å². The third kappa shape index (κ3) is 4.26. The fourth-order valence-corrected chi connectivity index (χ4v) is 3.86. The van der Waals surface area contributed by atoms with Gasteiger partial charge >= 0.3 is 0 Å². The number of furan rings is 1. The lowest BCUT2D eigenvalue weighted by Crippen LogP contribution is -2.26. The Bertz CT molecular complexity index is 1070. The van der Waals surface area contributed by atoms with Gasteiger partial charge in [-0.25, -0.2) is 8.42 Å². The lowest BCUT2D eigenvalue weighted by Gasteiger charge is -2.13. The van der Waals surface area contributed by atoms with Gasteiger partial charge in [0.05, 0.1) is 22.9 Å². The average Bonchev–Trinajstić information content (AvgIpc) is 3.20. The van der Waals surface area contributed by atoms with E-state index >= 15 is 0 Å². The standard InChI is InChI=1S/C21H22N2O4S/c1-14-6-4-7-19(15(14)2)23-28(25,26)18-11-9-17(10-12-18)21(24)22-16(3)20-8-5-13-27-20/h4-13,16,23H,1-3H3,(H,22,24)/t16-/m1/s1. The lowest BCUT2D eigenvalue weighted by atomic mass is 10.1. The van der Waals surface area contributed by atoms with E-state index in [1.54, 1.807) is 30.5 Å². The quantitative estimate of drug-likeness (QED) is 0.652.